The molecule has 6 aromatic heterocycles. The minimum atomic E-state index is -0.433. The van der Waals surface area contributed by atoms with Crippen LogP contribution in [0.15, 0.2) is 79.8 Å². The highest BCUT2D eigenvalue weighted by Crippen LogP contribution is 2.26. The minimum Gasteiger partial charge on any atom is -0.394 e. The molecule has 0 amide bonds. The van der Waals surface area contributed by atoms with Crippen molar-refractivity contribution in [2.75, 3.05) is 75.4 Å². The van der Waals surface area contributed by atoms with Crippen molar-refractivity contribution in [3.63, 3.8) is 0 Å². The molecule has 0 atom stereocenters. The van der Waals surface area contributed by atoms with Gasteiger partial charge in [-0.05, 0) is 69.0 Å². The van der Waals surface area contributed by atoms with Crippen LogP contribution in [0.1, 0.15) is 22.4 Å². The van der Waals surface area contributed by atoms with E-state index in [9.17, 15) is 19.6 Å². The van der Waals surface area contributed by atoms with Gasteiger partial charge >= 0.3 is 0 Å². The number of halogens is 7. The Morgan fingerprint density at radius 1 is 0.531 bits per heavy atom. The number of aliphatic hydroxyl groups is 3. The van der Waals surface area contributed by atoms with Gasteiger partial charge in [-0.1, -0.05) is 87.8 Å². The summed E-state index contributed by atoms with van der Waals surface area (Å²) in [7, 11) is 0. The molecule has 25 nitrogen and oxygen atoms in total. The van der Waals surface area contributed by atoms with Crippen molar-refractivity contribution < 1.29 is 29.5 Å². The van der Waals surface area contributed by atoms with Crippen molar-refractivity contribution in [2.45, 2.75) is 39.3 Å². The fraction of sp³-hybridized carbons (Fsp3) is 0.306. The fourth-order valence-corrected chi connectivity index (χ4v) is 8.86. The van der Waals surface area contributed by atoms with Crippen LogP contribution in [0.25, 0.3) is 33.1 Å². The molecule has 6 heterocycles. The normalized spacial score (nSPS) is 11.1. The van der Waals surface area contributed by atoms with Crippen molar-refractivity contribution >= 4 is 136 Å². The first-order valence-electron chi connectivity index (χ1n) is 24.2. The van der Waals surface area contributed by atoms with Gasteiger partial charge in [-0.3, -0.25) is 43.4 Å². The second-order valence-electron chi connectivity index (χ2n) is 16.8. The second kappa shape index (κ2) is 30.6. The zero-order valence-corrected chi connectivity index (χ0v) is 48.4. The van der Waals surface area contributed by atoms with Gasteiger partial charge < -0.3 is 45.5 Å². The first-order chi connectivity index (χ1) is 39.1. The number of anilines is 3. The maximum absolute atomic E-state index is 12.5. The summed E-state index contributed by atoms with van der Waals surface area (Å²) >= 11 is 39.0. The largest absolute Gasteiger partial charge is 0.394 e. The summed E-state index contributed by atoms with van der Waals surface area (Å²) < 4.78 is 20.5. The number of H-pyrrole nitrogens is 3. The fourth-order valence-electron chi connectivity index (χ4n) is 7.43. The summed E-state index contributed by atoms with van der Waals surface area (Å²) in [5.74, 6) is 0.858. The molecule has 9 rings (SSSR count). The highest BCUT2D eigenvalue weighted by molar-refractivity contribution is 9.10. The van der Waals surface area contributed by atoms with E-state index < -0.39 is 5.56 Å². The van der Waals surface area contributed by atoms with E-state index in [1.165, 1.54) is 20.2 Å². The number of nitriles is 1. The lowest BCUT2D eigenvalue weighted by atomic mass is 10.2. The molecule has 3 aromatic carbocycles. The number of hydrogen-bond acceptors (Lipinski definition) is 19. The third kappa shape index (κ3) is 17.1. The molecule has 0 saturated heterocycles. The SMILES string of the molecule is N#Cc1nn(CCOCCO)c2c(=O)[nH]c(NCc3ccc(Cl)c(Cl)c3)nc12.O=c1[nH]c(NCc2ccc(Cl)c(Cl)c2)nc2c(Br)nn(CCOCCO)c12.O=c1[nH]c(NCc2ccc(Cl)c(Cl)c2)nc2cnn(CCOCCO)c12. The molecule has 81 heavy (non-hydrogen) atoms. The lowest BCUT2D eigenvalue weighted by Crippen LogP contribution is -2.17. The van der Waals surface area contributed by atoms with Crippen LogP contribution in [-0.2, 0) is 53.5 Å². The molecule has 0 fully saturated rings. The Balaban J connectivity index is 0.000000175. The average Bonchev–Trinajstić information content (AvgIpc) is 4.16. The third-order valence-electron chi connectivity index (χ3n) is 11.1. The van der Waals surface area contributed by atoms with Crippen molar-refractivity contribution in [3.05, 3.63) is 149 Å². The highest BCUT2D eigenvalue weighted by Gasteiger charge is 2.18. The summed E-state index contributed by atoms with van der Waals surface area (Å²) in [6.45, 7) is 3.54. The van der Waals surface area contributed by atoms with Crippen LogP contribution in [0.3, 0.4) is 0 Å². The van der Waals surface area contributed by atoms with Crippen molar-refractivity contribution in [1.29, 1.82) is 5.26 Å². The molecule has 0 radical (unpaired) electrons. The molecular weight excluding hydrogens is 1250 g/mol. The summed E-state index contributed by atoms with van der Waals surface area (Å²) in [6.07, 6.45) is 1.53. The van der Waals surface area contributed by atoms with Crippen molar-refractivity contribution in [2.24, 2.45) is 0 Å². The quantitative estimate of drug-likeness (QED) is 0.0282. The lowest BCUT2D eigenvalue weighted by Gasteiger charge is -2.07. The van der Waals surface area contributed by atoms with E-state index in [4.69, 9.17) is 99.1 Å². The maximum Gasteiger partial charge on any atom is 0.278 e. The molecule has 9 N–H and O–H groups in total. The second-order valence-corrected chi connectivity index (χ2v) is 19.9. The smallest absolute Gasteiger partial charge is 0.278 e. The monoisotopic (exact) mass is 1290 g/mol. The molecule has 0 unspecified atom stereocenters. The van der Waals surface area contributed by atoms with Crippen LogP contribution in [0, 0.1) is 11.3 Å². The Kier molecular flexibility index (Phi) is 23.5. The standard InChI is InChI=1S/C17H16Cl2N6O3.C16H16BrCl2N5O3.C16H17Cl2N5O3/c18-11-2-1-10(7-12(11)19)9-21-17-22-14-13(8-20)24-25(3-5-28-6-4-26)15(14)16(27)23-17;17-14-12-13(24(23-14)3-5-27-6-4-25)15(26)22-16(21-12)20-8-9-1-2-10(18)11(19)7-9;17-11-2-1-10(7-12(11)18)8-19-16-21-13-9-20-23(3-5-26-6-4-24)14(13)15(25)22-16/h1-2,7,26H,3-6,9H2,(H2,21,22,23,27);1-2,7,25H,3-6,8H2,(H2,20,21,22,26);1-2,7,9,24H,3-6,8H2,(H2,19,21,22,25). The number of nitrogens with one attached hydrogen (secondary N) is 6. The number of rotatable bonds is 24. The molecule has 0 spiro atoms. The van der Waals surface area contributed by atoms with Gasteiger partial charge in [0.05, 0.1) is 115 Å². The first-order valence-corrected chi connectivity index (χ1v) is 27.3. The Bertz CT molecular complexity index is 3830. The number of aliphatic hydroxyl groups excluding tert-OH is 3. The first kappa shape index (κ1) is 62.2. The number of aromatic nitrogens is 12. The number of hydrogen-bond donors (Lipinski definition) is 9. The Labute approximate surface area is 497 Å². The van der Waals surface area contributed by atoms with Gasteiger partial charge in [0.2, 0.25) is 17.8 Å². The van der Waals surface area contributed by atoms with Crippen LogP contribution in [-0.4, -0.2) is 134 Å². The van der Waals surface area contributed by atoms with E-state index >= 15 is 0 Å². The number of ether oxygens (including phenoxy) is 3. The predicted molar refractivity (Wildman–Crippen MR) is 312 cm³/mol. The topological polar surface area (TPSA) is 339 Å². The van der Waals surface area contributed by atoms with Gasteiger partial charge in [0, 0.05) is 19.6 Å². The molecular formula is C49H49BrCl6N16O9. The average molecular weight is 1300 g/mol. The van der Waals surface area contributed by atoms with Crippen LogP contribution in [0.5, 0.6) is 0 Å². The zero-order chi connectivity index (χ0) is 58.0. The van der Waals surface area contributed by atoms with Gasteiger partial charge in [0.1, 0.15) is 22.6 Å². The molecule has 0 saturated carbocycles. The van der Waals surface area contributed by atoms with Crippen LogP contribution >= 0.6 is 85.5 Å². The van der Waals surface area contributed by atoms with Crippen LogP contribution in [0.2, 0.25) is 30.1 Å². The van der Waals surface area contributed by atoms with Crippen LogP contribution in [0.4, 0.5) is 17.8 Å². The number of nitrogens with zero attached hydrogens (tertiary/aromatic N) is 10. The van der Waals surface area contributed by atoms with Crippen molar-refractivity contribution in [1.82, 2.24) is 59.2 Å². The number of aromatic amines is 3. The molecule has 428 valence electrons. The Hall–Kier alpha value is -6.42. The van der Waals surface area contributed by atoms with Gasteiger partial charge in [-0.15, -0.1) is 0 Å². The summed E-state index contributed by atoms with van der Waals surface area (Å²) in [6, 6.07) is 17.7. The van der Waals surface area contributed by atoms with E-state index in [0.717, 1.165) is 16.7 Å². The molecule has 0 bridgehead atoms. The summed E-state index contributed by atoms with van der Waals surface area (Å²) in [4.78, 5) is 58.5. The molecule has 0 aliphatic rings. The molecule has 0 aliphatic carbocycles. The predicted octanol–water partition coefficient (Wildman–Crippen LogP) is 6.78. The highest BCUT2D eigenvalue weighted by atomic mass is 79.9. The van der Waals surface area contributed by atoms with Crippen molar-refractivity contribution in [3.8, 4) is 6.07 Å². The molecule has 0 aliphatic heterocycles. The third-order valence-corrected chi connectivity index (χ3v) is 13.9. The zero-order valence-electron chi connectivity index (χ0n) is 42.3. The van der Waals surface area contributed by atoms with E-state index in [2.05, 4.69) is 77.1 Å². The van der Waals surface area contributed by atoms with Gasteiger partial charge in [-0.2, -0.15) is 20.6 Å². The summed E-state index contributed by atoms with van der Waals surface area (Å²) in [5.41, 5.74) is 3.64. The maximum atomic E-state index is 12.5. The van der Waals surface area contributed by atoms with E-state index in [1.54, 1.807) is 42.5 Å². The Morgan fingerprint density at radius 3 is 1.36 bits per heavy atom. The van der Waals surface area contributed by atoms with E-state index in [-0.39, 0.29) is 86.6 Å². The Morgan fingerprint density at radius 2 is 0.926 bits per heavy atom. The van der Waals surface area contributed by atoms with Gasteiger partial charge in [0.15, 0.2) is 26.8 Å². The van der Waals surface area contributed by atoms with E-state index in [0.29, 0.717) is 115 Å². The van der Waals surface area contributed by atoms with Gasteiger partial charge in [-0.25, -0.2) is 15.0 Å². The van der Waals surface area contributed by atoms with Gasteiger partial charge in [0.25, 0.3) is 16.7 Å². The molecule has 32 heteroatoms. The van der Waals surface area contributed by atoms with Crippen LogP contribution < -0.4 is 32.6 Å². The molecule has 9 aromatic rings. The lowest BCUT2D eigenvalue weighted by molar-refractivity contribution is 0.0859. The van der Waals surface area contributed by atoms with E-state index in [1.807, 2.05) is 18.2 Å². The number of fused-ring (bicyclic) bond motifs is 3. The summed E-state index contributed by atoms with van der Waals surface area (Å²) in [5, 5.41) is 59.9. The minimum absolute atomic E-state index is 0.0424. The number of benzene rings is 3.